The van der Waals surface area contributed by atoms with E-state index in [9.17, 15) is 17.8 Å². The van der Waals surface area contributed by atoms with Crippen molar-refractivity contribution in [3.63, 3.8) is 0 Å². The number of hydrogen-bond acceptors (Lipinski definition) is 6. The molecule has 23 heavy (non-hydrogen) atoms. The predicted octanol–water partition coefficient (Wildman–Crippen LogP) is 1.59. The first kappa shape index (κ1) is 18.8. The Morgan fingerprint density at radius 3 is 2.13 bits per heavy atom. The van der Waals surface area contributed by atoms with Gasteiger partial charge in [-0.15, -0.1) is 0 Å². The van der Waals surface area contributed by atoms with E-state index in [-0.39, 0.29) is 17.4 Å². The predicted molar refractivity (Wildman–Crippen MR) is 84.4 cm³/mol. The van der Waals surface area contributed by atoms with Crippen molar-refractivity contribution in [2.75, 3.05) is 6.54 Å². The molecule has 2 aromatic rings. The van der Waals surface area contributed by atoms with Crippen molar-refractivity contribution in [3.05, 3.63) is 65.7 Å². The summed E-state index contributed by atoms with van der Waals surface area (Å²) in [6, 6.07) is 15.3. The van der Waals surface area contributed by atoms with E-state index >= 15 is 0 Å². The number of aryl methyl sites for hydroxylation is 1. The normalized spacial score (nSPS) is 10.4. The van der Waals surface area contributed by atoms with E-state index in [0.717, 1.165) is 11.1 Å². The molecule has 0 amide bonds. The summed E-state index contributed by atoms with van der Waals surface area (Å²) in [5.74, 6) is -0.376. The van der Waals surface area contributed by atoms with Crippen LogP contribution in [-0.2, 0) is 26.3 Å². The minimum absolute atomic E-state index is 0.0627. The summed E-state index contributed by atoms with van der Waals surface area (Å²) in [6.45, 7) is 2.06. The second-order valence-electron chi connectivity index (χ2n) is 4.62. The highest BCUT2D eigenvalue weighted by Gasteiger charge is 1.98. The Labute approximate surface area is 135 Å². The van der Waals surface area contributed by atoms with Crippen molar-refractivity contribution in [1.82, 2.24) is 0 Å². The van der Waals surface area contributed by atoms with Crippen molar-refractivity contribution < 1.29 is 22.5 Å². The fourth-order valence-corrected chi connectivity index (χ4v) is 1.97. The molecule has 0 aromatic heterocycles. The summed E-state index contributed by atoms with van der Waals surface area (Å²) in [7, 11) is -4.27. The summed E-state index contributed by atoms with van der Waals surface area (Å²) in [5, 5.41) is 0. The second-order valence-corrected chi connectivity index (χ2v) is 6.00. The molecule has 0 atom stereocenters. The third kappa shape index (κ3) is 7.55. The van der Waals surface area contributed by atoms with Gasteiger partial charge < -0.3 is 15.0 Å². The highest BCUT2D eigenvalue weighted by atomic mass is 32.2. The zero-order valence-corrected chi connectivity index (χ0v) is 13.5. The number of ether oxygens (including phenoxy) is 1. The number of hydrogen-bond donors (Lipinski definition) is 1. The van der Waals surface area contributed by atoms with Crippen LogP contribution in [-0.4, -0.2) is 25.5 Å². The third-order valence-electron chi connectivity index (χ3n) is 2.72. The molecule has 0 bridgehead atoms. The molecule has 0 radical (unpaired) electrons. The van der Waals surface area contributed by atoms with Crippen LogP contribution in [0.3, 0.4) is 0 Å². The number of rotatable bonds is 4. The highest BCUT2D eigenvalue weighted by Crippen LogP contribution is 2.08. The van der Waals surface area contributed by atoms with E-state index in [1.165, 1.54) is 12.1 Å². The van der Waals surface area contributed by atoms with Crippen LogP contribution in [0, 0.1) is 6.92 Å². The van der Waals surface area contributed by atoms with E-state index < -0.39 is 10.1 Å². The minimum Gasteiger partial charge on any atom is -0.744 e. The van der Waals surface area contributed by atoms with Gasteiger partial charge in [0.25, 0.3) is 0 Å². The first-order valence-corrected chi connectivity index (χ1v) is 8.16. The summed E-state index contributed by atoms with van der Waals surface area (Å²) >= 11 is 0. The lowest BCUT2D eigenvalue weighted by Crippen LogP contribution is -2.16. The van der Waals surface area contributed by atoms with Crippen LogP contribution >= 0.6 is 0 Å². The fourth-order valence-electron chi connectivity index (χ4n) is 1.50. The largest absolute Gasteiger partial charge is 0.744 e. The zero-order valence-electron chi connectivity index (χ0n) is 12.6. The van der Waals surface area contributed by atoms with Crippen molar-refractivity contribution in [2.24, 2.45) is 5.73 Å². The maximum absolute atomic E-state index is 10.6. The Morgan fingerprint density at radius 2 is 1.65 bits per heavy atom. The van der Waals surface area contributed by atoms with Crippen molar-refractivity contribution in [1.29, 1.82) is 0 Å². The Balaban J connectivity index is 0.000000231. The van der Waals surface area contributed by atoms with E-state index in [4.69, 9.17) is 10.5 Å². The maximum Gasteiger partial charge on any atom is 0.320 e. The maximum atomic E-state index is 10.6. The van der Waals surface area contributed by atoms with Crippen LogP contribution in [0.1, 0.15) is 11.1 Å². The van der Waals surface area contributed by atoms with Crippen molar-refractivity contribution >= 4 is 16.1 Å². The van der Waals surface area contributed by atoms with Crippen LogP contribution in [0.4, 0.5) is 0 Å². The molecular weight excluding hydrogens is 318 g/mol. The molecule has 0 aliphatic carbocycles. The van der Waals surface area contributed by atoms with Crippen molar-refractivity contribution in [2.45, 2.75) is 18.4 Å². The van der Waals surface area contributed by atoms with Gasteiger partial charge in [-0.05, 0) is 24.6 Å². The van der Waals surface area contributed by atoms with Gasteiger partial charge in [-0.2, -0.15) is 0 Å². The Hall–Kier alpha value is -2.22. The monoisotopic (exact) mass is 336 g/mol. The molecule has 124 valence electrons. The molecule has 0 aliphatic rings. The van der Waals surface area contributed by atoms with Gasteiger partial charge in [-0.25, -0.2) is 8.42 Å². The Morgan fingerprint density at radius 1 is 1.09 bits per heavy atom. The molecule has 6 nitrogen and oxygen atoms in total. The number of carbonyl (C=O) groups is 1. The lowest BCUT2D eigenvalue weighted by Gasteiger charge is -2.05. The number of benzene rings is 2. The molecule has 0 saturated heterocycles. The first-order chi connectivity index (χ1) is 10.8. The smallest absolute Gasteiger partial charge is 0.320 e. The van der Waals surface area contributed by atoms with Crippen LogP contribution in [0.15, 0.2) is 59.5 Å². The zero-order chi connectivity index (χ0) is 17.3. The van der Waals surface area contributed by atoms with Crippen molar-refractivity contribution in [3.8, 4) is 0 Å². The average molecular weight is 336 g/mol. The molecule has 2 aromatic carbocycles. The number of nitrogens with two attached hydrogens (primary N) is 1. The fraction of sp³-hybridized carbons (Fsp3) is 0.188. The van der Waals surface area contributed by atoms with Crippen LogP contribution in [0.5, 0.6) is 0 Å². The van der Waals surface area contributed by atoms with Gasteiger partial charge in [-0.3, -0.25) is 4.79 Å². The summed E-state index contributed by atoms with van der Waals surface area (Å²) in [4.78, 5) is 10.5. The van der Waals surface area contributed by atoms with E-state index in [0.29, 0.717) is 6.61 Å². The molecule has 0 fully saturated rings. The average Bonchev–Trinajstić information content (AvgIpc) is 2.53. The van der Waals surface area contributed by atoms with E-state index in [1.54, 1.807) is 12.1 Å². The van der Waals surface area contributed by atoms with Gasteiger partial charge in [0.15, 0.2) is 0 Å². The van der Waals surface area contributed by atoms with Gasteiger partial charge in [-0.1, -0.05) is 48.0 Å². The second kappa shape index (κ2) is 9.04. The molecule has 0 heterocycles. The highest BCUT2D eigenvalue weighted by molar-refractivity contribution is 7.85. The van der Waals surface area contributed by atoms with Crippen LogP contribution in [0.25, 0.3) is 0 Å². The minimum atomic E-state index is -4.27. The van der Waals surface area contributed by atoms with Gasteiger partial charge in [0, 0.05) is 0 Å². The van der Waals surface area contributed by atoms with Gasteiger partial charge in [0.05, 0.1) is 11.4 Å². The molecule has 0 unspecified atom stereocenters. The SMILES string of the molecule is Cc1ccc(S(=O)(=O)[O-])cc1.NCC(=O)OCc1ccccc1. The van der Waals surface area contributed by atoms with E-state index in [1.807, 2.05) is 37.3 Å². The quantitative estimate of drug-likeness (QED) is 0.670. The van der Waals surface area contributed by atoms with E-state index in [2.05, 4.69) is 0 Å². The first-order valence-electron chi connectivity index (χ1n) is 6.75. The molecule has 0 saturated carbocycles. The lowest BCUT2D eigenvalue weighted by atomic mass is 10.2. The van der Waals surface area contributed by atoms with Gasteiger partial charge in [0.1, 0.15) is 16.7 Å². The molecule has 0 aliphatic heterocycles. The summed E-state index contributed by atoms with van der Waals surface area (Å²) in [6.07, 6.45) is 0. The molecule has 2 N–H and O–H groups in total. The molecule has 0 spiro atoms. The number of esters is 1. The number of carbonyl (C=O) groups excluding carboxylic acids is 1. The third-order valence-corrected chi connectivity index (χ3v) is 3.57. The van der Waals surface area contributed by atoms with Gasteiger partial charge in [0.2, 0.25) is 0 Å². The topological polar surface area (TPSA) is 110 Å². The Kier molecular flexibility index (Phi) is 7.40. The summed E-state index contributed by atoms with van der Waals surface area (Å²) in [5.41, 5.74) is 6.96. The molecular formula is C16H18NO5S-. The molecule has 2 rings (SSSR count). The summed E-state index contributed by atoms with van der Waals surface area (Å²) < 4.78 is 36.0. The Bertz CT molecular complexity index is 712. The van der Waals surface area contributed by atoms with Gasteiger partial charge >= 0.3 is 5.97 Å². The standard InChI is InChI=1S/C9H11NO2.C7H8O3S/c10-6-9(11)12-7-8-4-2-1-3-5-8;1-6-2-4-7(5-3-6)11(8,9)10/h1-5H,6-7,10H2;2-5H,1H3,(H,8,9,10)/p-1. The molecule has 7 heteroatoms. The van der Waals surface area contributed by atoms with Crippen LogP contribution in [0.2, 0.25) is 0 Å². The van der Waals surface area contributed by atoms with Crippen LogP contribution < -0.4 is 5.73 Å². The lowest BCUT2D eigenvalue weighted by molar-refractivity contribution is -0.143.